The number of carbonyl (C=O) groups is 2. The summed E-state index contributed by atoms with van der Waals surface area (Å²) in [6.07, 6.45) is 0. The molecule has 1 N–H and O–H groups in total. The van der Waals surface area contributed by atoms with Gasteiger partial charge in [0.05, 0.1) is 5.56 Å². The van der Waals surface area contributed by atoms with E-state index in [1.807, 2.05) is 0 Å². The van der Waals surface area contributed by atoms with Crippen molar-refractivity contribution in [2.75, 3.05) is 13.1 Å². The Morgan fingerprint density at radius 3 is 2.84 bits per heavy atom. The predicted octanol–water partition coefficient (Wildman–Crippen LogP) is 1.94. The highest BCUT2D eigenvalue weighted by Crippen LogP contribution is 2.23. The van der Waals surface area contributed by atoms with Crippen molar-refractivity contribution in [3.8, 4) is 0 Å². The number of nitrogens with one attached hydrogen (secondary N) is 1. The molecular formula is C13H14BrFN2O2. The van der Waals surface area contributed by atoms with Crippen molar-refractivity contribution in [2.24, 2.45) is 0 Å². The van der Waals surface area contributed by atoms with Crippen molar-refractivity contribution in [3.05, 3.63) is 34.1 Å². The van der Waals surface area contributed by atoms with E-state index >= 15 is 0 Å². The van der Waals surface area contributed by atoms with Crippen molar-refractivity contribution >= 4 is 27.7 Å². The SMILES string of the molecule is CC1(C)C(=O)NCCN1C(=O)c1cc(Br)ccc1F. The third-order valence-electron chi connectivity index (χ3n) is 3.26. The fourth-order valence-corrected chi connectivity index (χ4v) is 2.42. The zero-order valence-electron chi connectivity index (χ0n) is 10.7. The monoisotopic (exact) mass is 328 g/mol. The van der Waals surface area contributed by atoms with Crippen molar-refractivity contribution in [1.29, 1.82) is 0 Å². The minimum absolute atomic E-state index is 0.0304. The summed E-state index contributed by atoms with van der Waals surface area (Å²) >= 11 is 3.21. The lowest BCUT2D eigenvalue weighted by atomic mass is 9.97. The molecule has 0 unspecified atom stereocenters. The van der Waals surface area contributed by atoms with Crippen LogP contribution in [-0.4, -0.2) is 35.3 Å². The molecule has 6 heteroatoms. The largest absolute Gasteiger partial charge is 0.352 e. The Balaban J connectivity index is 2.38. The van der Waals surface area contributed by atoms with Gasteiger partial charge in [0.1, 0.15) is 11.4 Å². The van der Waals surface area contributed by atoms with Crippen LogP contribution in [0.1, 0.15) is 24.2 Å². The number of rotatable bonds is 1. The van der Waals surface area contributed by atoms with Crippen LogP contribution < -0.4 is 5.32 Å². The quantitative estimate of drug-likeness (QED) is 0.856. The molecule has 0 radical (unpaired) electrons. The summed E-state index contributed by atoms with van der Waals surface area (Å²) in [5.74, 6) is -1.30. The standard InChI is InChI=1S/C13H14BrFN2O2/c1-13(2)12(19)16-5-6-17(13)11(18)9-7-8(14)3-4-10(9)15/h3-4,7H,5-6H2,1-2H3,(H,16,19). The molecule has 1 fully saturated rings. The third kappa shape index (κ3) is 2.49. The van der Waals surface area contributed by atoms with Crippen molar-refractivity contribution in [2.45, 2.75) is 19.4 Å². The normalized spacial score (nSPS) is 18.1. The van der Waals surface area contributed by atoms with E-state index in [-0.39, 0.29) is 11.5 Å². The van der Waals surface area contributed by atoms with E-state index in [1.165, 1.54) is 23.1 Å². The molecular weight excluding hydrogens is 315 g/mol. The Bertz CT molecular complexity index is 545. The Morgan fingerprint density at radius 2 is 2.16 bits per heavy atom. The summed E-state index contributed by atoms with van der Waals surface area (Å²) in [7, 11) is 0. The van der Waals surface area contributed by atoms with Crippen LogP contribution in [0.2, 0.25) is 0 Å². The number of halogens is 2. The van der Waals surface area contributed by atoms with E-state index in [0.29, 0.717) is 17.6 Å². The zero-order chi connectivity index (χ0) is 14.2. The molecule has 0 aliphatic carbocycles. The van der Waals surface area contributed by atoms with E-state index in [1.54, 1.807) is 13.8 Å². The third-order valence-corrected chi connectivity index (χ3v) is 3.75. The highest BCUT2D eigenvalue weighted by molar-refractivity contribution is 9.10. The van der Waals surface area contributed by atoms with Gasteiger partial charge in [-0.05, 0) is 32.0 Å². The molecule has 1 aromatic rings. The van der Waals surface area contributed by atoms with Crippen LogP contribution in [0.5, 0.6) is 0 Å². The van der Waals surface area contributed by atoms with Crippen molar-refractivity contribution in [1.82, 2.24) is 10.2 Å². The van der Waals surface area contributed by atoms with Crippen LogP contribution in [-0.2, 0) is 4.79 Å². The number of carbonyl (C=O) groups excluding carboxylic acids is 2. The number of benzene rings is 1. The van der Waals surface area contributed by atoms with Crippen LogP contribution in [0.15, 0.2) is 22.7 Å². The maximum absolute atomic E-state index is 13.8. The molecule has 1 heterocycles. The smallest absolute Gasteiger partial charge is 0.257 e. The Morgan fingerprint density at radius 1 is 1.47 bits per heavy atom. The highest BCUT2D eigenvalue weighted by atomic mass is 79.9. The number of hydrogen-bond donors (Lipinski definition) is 1. The minimum Gasteiger partial charge on any atom is -0.352 e. The molecule has 1 aliphatic rings. The first-order chi connectivity index (χ1) is 8.84. The fraction of sp³-hybridized carbons (Fsp3) is 0.385. The van der Waals surface area contributed by atoms with Crippen LogP contribution in [0.3, 0.4) is 0 Å². The summed E-state index contributed by atoms with van der Waals surface area (Å²) in [6, 6.07) is 4.19. The predicted molar refractivity (Wildman–Crippen MR) is 72.2 cm³/mol. The highest BCUT2D eigenvalue weighted by Gasteiger charge is 2.41. The van der Waals surface area contributed by atoms with Crippen molar-refractivity contribution in [3.63, 3.8) is 0 Å². The van der Waals surface area contributed by atoms with Gasteiger partial charge in [0.25, 0.3) is 5.91 Å². The number of nitrogens with zero attached hydrogens (tertiary/aromatic N) is 1. The zero-order valence-corrected chi connectivity index (χ0v) is 12.3. The Kier molecular flexibility index (Phi) is 3.62. The molecule has 0 atom stereocenters. The second-order valence-electron chi connectivity index (χ2n) is 4.90. The summed E-state index contributed by atoms with van der Waals surface area (Å²) in [5, 5.41) is 2.70. The molecule has 0 spiro atoms. The van der Waals surface area contributed by atoms with E-state index in [2.05, 4.69) is 21.2 Å². The molecule has 0 aromatic heterocycles. The van der Waals surface area contributed by atoms with Gasteiger partial charge in [0.2, 0.25) is 5.91 Å². The van der Waals surface area contributed by atoms with Gasteiger partial charge < -0.3 is 10.2 Å². The van der Waals surface area contributed by atoms with Crippen LogP contribution in [0.4, 0.5) is 4.39 Å². The second-order valence-corrected chi connectivity index (χ2v) is 5.81. The first-order valence-electron chi connectivity index (χ1n) is 5.89. The number of piperazine rings is 1. The maximum Gasteiger partial charge on any atom is 0.257 e. The molecule has 1 aliphatic heterocycles. The van der Waals surface area contributed by atoms with Gasteiger partial charge in [-0.1, -0.05) is 15.9 Å². The molecule has 2 amide bonds. The summed E-state index contributed by atoms with van der Waals surface area (Å²) < 4.78 is 14.4. The van der Waals surface area contributed by atoms with Crippen LogP contribution >= 0.6 is 15.9 Å². The van der Waals surface area contributed by atoms with Gasteiger partial charge in [-0.15, -0.1) is 0 Å². The molecule has 1 saturated heterocycles. The molecule has 4 nitrogen and oxygen atoms in total. The maximum atomic E-state index is 13.8. The molecule has 2 rings (SSSR count). The first-order valence-corrected chi connectivity index (χ1v) is 6.68. The van der Waals surface area contributed by atoms with Gasteiger partial charge in [-0.2, -0.15) is 0 Å². The molecule has 19 heavy (non-hydrogen) atoms. The van der Waals surface area contributed by atoms with Crippen LogP contribution in [0, 0.1) is 5.82 Å². The number of amides is 2. The van der Waals surface area contributed by atoms with Crippen molar-refractivity contribution < 1.29 is 14.0 Å². The fourth-order valence-electron chi connectivity index (χ4n) is 2.06. The lowest BCUT2D eigenvalue weighted by Gasteiger charge is -2.41. The van der Waals surface area contributed by atoms with E-state index < -0.39 is 17.3 Å². The van der Waals surface area contributed by atoms with Crippen LogP contribution in [0.25, 0.3) is 0 Å². The Hall–Kier alpha value is -1.43. The molecule has 0 saturated carbocycles. The summed E-state index contributed by atoms with van der Waals surface area (Å²) in [4.78, 5) is 25.6. The lowest BCUT2D eigenvalue weighted by molar-refractivity contribution is -0.133. The average molecular weight is 329 g/mol. The molecule has 0 bridgehead atoms. The Labute approximate surface area is 119 Å². The van der Waals surface area contributed by atoms with E-state index in [9.17, 15) is 14.0 Å². The second kappa shape index (κ2) is 4.92. The van der Waals surface area contributed by atoms with Gasteiger partial charge in [-0.25, -0.2) is 4.39 Å². The molecule has 102 valence electrons. The first kappa shape index (κ1) is 14.0. The number of hydrogen-bond acceptors (Lipinski definition) is 2. The van der Waals surface area contributed by atoms with E-state index in [4.69, 9.17) is 0 Å². The lowest BCUT2D eigenvalue weighted by Crippen LogP contribution is -2.63. The summed E-state index contributed by atoms with van der Waals surface area (Å²) in [5.41, 5.74) is -1.01. The minimum atomic E-state index is -0.982. The van der Waals surface area contributed by atoms with E-state index in [0.717, 1.165) is 0 Å². The topological polar surface area (TPSA) is 49.4 Å². The van der Waals surface area contributed by atoms with Gasteiger partial charge in [0.15, 0.2) is 0 Å². The van der Waals surface area contributed by atoms with Gasteiger partial charge in [-0.3, -0.25) is 9.59 Å². The molecule has 1 aromatic carbocycles. The summed E-state index contributed by atoms with van der Waals surface area (Å²) in [6.45, 7) is 4.04. The van der Waals surface area contributed by atoms with Gasteiger partial charge >= 0.3 is 0 Å². The van der Waals surface area contributed by atoms with Gasteiger partial charge in [0, 0.05) is 17.6 Å². The average Bonchev–Trinajstić information content (AvgIpc) is 2.35.